The van der Waals surface area contributed by atoms with Gasteiger partial charge in [-0.3, -0.25) is 4.79 Å². The second-order valence-corrected chi connectivity index (χ2v) is 7.73. The van der Waals surface area contributed by atoms with E-state index in [1.54, 1.807) is 18.0 Å². The molecule has 1 aliphatic rings. The number of aromatic nitrogens is 3. The van der Waals surface area contributed by atoms with E-state index in [9.17, 15) is 15.0 Å². The summed E-state index contributed by atoms with van der Waals surface area (Å²) >= 11 is 7.46. The van der Waals surface area contributed by atoms with Crippen molar-refractivity contribution in [3.63, 3.8) is 0 Å². The second-order valence-electron chi connectivity index (χ2n) is 6.20. The van der Waals surface area contributed by atoms with Crippen molar-refractivity contribution < 1.29 is 10.2 Å². The standard InChI is InChI=1S/C17H17ClN4O3S/c18-8-1-3-9(4-2-8)26-6-11-15(23)16(24)13(22-11)10-5-19-14-12(10)20-7-21-17(14)25/h1-5,7,11,13,15-16,19,22-24H,6H2,(H,20,21,25). The van der Waals surface area contributed by atoms with Gasteiger partial charge in [-0.2, -0.15) is 0 Å². The van der Waals surface area contributed by atoms with Crippen molar-refractivity contribution in [3.8, 4) is 0 Å². The van der Waals surface area contributed by atoms with Gasteiger partial charge in [0.05, 0.1) is 18.5 Å². The first-order chi connectivity index (χ1) is 12.5. The third-order valence-electron chi connectivity index (χ3n) is 4.57. The third kappa shape index (κ3) is 3.15. The molecule has 1 aromatic carbocycles. The molecule has 3 heterocycles. The van der Waals surface area contributed by atoms with Gasteiger partial charge in [0.15, 0.2) is 0 Å². The van der Waals surface area contributed by atoms with Crippen molar-refractivity contribution in [2.75, 3.05) is 5.75 Å². The zero-order chi connectivity index (χ0) is 18.3. The Bertz CT molecular complexity index is 974. The van der Waals surface area contributed by atoms with Crippen LogP contribution in [0.3, 0.4) is 0 Å². The number of aliphatic hydroxyl groups is 2. The number of H-pyrrole nitrogens is 2. The molecule has 3 aromatic rings. The van der Waals surface area contributed by atoms with E-state index in [0.29, 0.717) is 27.4 Å². The predicted octanol–water partition coefficient (Wildman–Crippen LogP) is 1.43. The molecule has 4 rings (SSSR count). The van der Waals surface area contributed by atoms with E-state index in [0.717, 1.165) is 4.90 Å². The molecule has 0 saturated carbocycles. The molecule has 0 amide bonds. The summed E-state index contributed by atoms with van der Waals surface area (Å²) in [5.41, 5.74) is 1.23. The summed E-state index contributed by atoms with van der Waals surface area (Å²) < 4.78 is 0. The largest absolute Gasteiger partial charge is 0.389 e. The minimum atomic E-state index is -0.995. The highest BCUT2D eigenvalue weighted by Gasteiger charge is 2.42. The van der Waals surface area contributed by atoms with Gasteiger partial charge >= 0.3 is 0 Å². The predicted molar refractivity (Wildman–Crippen MR) is 101 cm³/mol. The molecular formula is C17H17ClN4O3S. The molecule has 1 saturated heterocycles. The van der Waals surface area contributed by atoms with E-state index in [1.807, 2.05) is 24.3 Å². The number of nitrogens with zero attached hydrogens (tertiary/aromatic N) is 1. The van der Waals surface area contributed by atoms with Crippen LogP contribution < -0.4 is 10.9 Å². The lowest BCUT2D eigenvalue weighted by atomic mass is 10.0. The maximum absolute atomic E-state index is 11.8. The zero-order valence-corrected chi connectivity index (χ0v) is 15.1. The van der Waals surface area contributed by atoms with Crippen LogP contribution in [0, 0.1) is 0 Å². The highest BCUT2D eigenvalue weighted by Crippen LogP contribution is 2.33. The normalized spacial score (nSPS) is 25.8. The molecule has 4 atom stereocenters. The van der Waals surface area contributed by atoms with E-state index in [1.165, 1.54) is 6.33 Å². The van der Waals surface area contributed by atoms with Gasteiger partial charge in [-0.05, 0) is 24.3 Å². The Labute approximate surface area is 157 Å². The summed E-state index contributed by atoms with van der Waals surface area (Å²) in [6.07, 6.45) is 1.06. The molecule has 0 aliphatic carbocycles. The number of nitrogens with one attached hydrogen (secondary N) is 3. The van der Waals surface area contributed by atoms with Gasteiger partial charge in [0.25, 0.3) is 5.56 Å². The number of hydrogen-bond acceptors (Lipinski definition) is 6. The lowest BCUT2D eigenvalue weighted by Gasteiger charge is -2.15. The summed E-state index contributed by atoms with van der Waals surface area (Å²) in [5.74, 6) is 0.576. The highest BCUT2D eigenvalue weighted by atomic mass is 35.5. The first-order valence-corrected chi connectivity index (χ1v) is 9.46. The lowest BCUT2D eigenvalue weighted by molar-refractivity contribution is 0.0308. The van der Waals surface area contributed by atoms with Crippen LogP contribution in [-0.2, 0) is 0 Å². The average molecular weight is 393 g/mol. The quantitative estimate of drug-likeness (QED) is 0.429. The molecule has 4 unspecified atom stereocenters. The van der Waals surface area contributed by atoms with Crippen LogP contribution in [0.4, 0.5) is 0 Å². The fraction of sp³-hybridized carbons (Fsp3) is 0.294. The van der Waals surface area contributed by atoms with Crippen molar-refractivity contribution in [2.45, 2.75) is 29.2 Å². The lowest BCUT2D eigenvalue weighted by Crippen LogP contribution is -2.35. The van der Waals surface area contributed by atoms with Crippen molar-refractivity contribution in [2.24, 2.45) is 0 Å². The van der Waals surface area contributed by atoms with Crippen LogP contribution in [0.5, 0.6) is 0 Å². The van der Waals surface area contributed by atoms with Gasteiger partial charge in [-0.25, -0.2) is 4.98 Å². The number of fused-ring (bicyclic) bond motifs is 1. The second kappa shape index (κ2) is 7.05. The van der Waals surface area contributed by atoms with Crippen LogP contribution in [0.1, 0.15) is 11.6 Å². The van der Waals surface area contributed by atoms with Crippen molar-refractivity contribution in [1.29, 1.82) is 0 Å². The van der Waals surface area contributed by atoms with E-state index >= 15 is 0 Å². The van der Waals surface area contributed by atoms with E-state index in [4.69, 9.17) is 11.6 Å². The first kappa shape index (κ1) is 17.6. The number of aromatic amines is 2. The Balaban J connectivity index is 1.53. The third-order valence-corrected chi connectivity index (χ3v) is 5.96. The number of thioether (sulfide) groups is 1. The smallest absolute Gasteiger partial charge is 0.275 e. The molecule has 2 aromatic heterocycles. The number of halogens is 1. The van der Waals surface area contributed by atoms with E-state index in [-0.39, 0.29) is 11.6 Å². The van der Waals surface area contributed by atoms with Gasteiger partial charge in [0.1, 0.15) is 17.1 Å². The van der Waals surface area contributed by atoms with Crippen molar-refractivity contribution >= 4 is 34.4 Å². The van der Waals surface area contributed by atoms with Crippen LogP contribution in [0.15, 0.2) is 46.5 Å². The fourth-order valence-corrected chi connectivity index (χ4v) is 4.33. The molecule has 1 aliphatic heterocycles. The summed E-state index contributed by atoms with van der Waals surface area (Å²) in [6, 6.07) is 6.65. The molecule has 136 valence electrons. The Morgan fingerprint density at radius 2 is 1.92 bits per heavy atom. The minimum Gasteiger partial charge on any atom is -0.389 e. The Kier molecular flexibility index (Phi) is 4.76. The van der Waals surface area contributed by atoms with Crippen LogP contribution in [0.25, 0.3) is 11.0 Å². The summed E-state index contributed by atoms with van der Waals surface area (Å²) in [7, 11) is 0. The molecule has 0 spiro atoms. The zero-order valence-electron chi connectivity index (χ0n) is 13.5. The first-order valence-electron chi connectivity index (χ1n) is 8.10. The average Bonchev–Trinajstić information content (AvgIpc) is 3.18. The molecular weight excluding hydrogens is 376 g/mol. The maximum Gasteiger partial charge on any atom is 0.275 e. The Morgan fingerprint density at radius 1 is 1.15 bits per heavy atom. The van der Waals surface area contributed by atoms with Crippen LogP contribution in [0.2, 0.25) is 5.02 Å². The number of hydrogen-bond donors (Lipinski definition) is 5. The molecule has 1 fully saturated rings. The molecule has 0 radical (unpaired) electrons. The highest BCUT2D eigenvalue weighted by molar-refractivity contribution is 7.99. The summed E-state index contributed by atoms with van der Waals surface area (Å²) in [5, 5.41) is 24.9. The Hall–Kier alpha value is -1.84. The van der Waals surface area contributed by atoms with Gasteiger partial charge in [-0.1, -0.05) is 11.6 Å². The van der Waals surface area contributed by atoms with Gasteiger partial charge < -0.3 is 25.5 Å². The molecule has 5 N–H and O–H groups in total. The van der Waals surface area contributed by atoms with E-state index in [2.05, 4.69) is 20.3 Å². The van der Waals surface area contributed by atoms with Crippen molar-refractivity contribution in [1.82, 2.24) is 20.3 Å². The topological polar surface area (TPSA) is 114 Å². The molecule has 7 nitrogen and oxygen atoms in total. The summed E-state index contributed by atoms with van der Waals surface area (Å²) in [6.45, 7) is 0. The summed E-state index contributed by atoms with van der Waals surface area (Å²) in [4.78, 5) is 22.4. The van der Waals surface area contributed by atoms with Crippen LogP contribution >= 0.6 is 23.4 Å². The fourth-order valence-electron chi connectivity index (χ4n) is 3.21. The van der Waals surface area contributed by atoms with Crippen molar-refractivity contribution in [3.05, 3.63) is 57.7 Å². The van der Waals surface area contributed by atoms with E-state index < -0.39 is 18.2 Å². The molecule has 9 heteroatoms. The number of aliphatic hydroxyl groups excluding tert-OH is 2. The van der Waals surface area contributed by atoms with Crippen LogP contribution in [-0.4, -0.2) is 49.2 Å². The van der Waals surface area contributed by atoms with Gasteiger partial charge in [-0.15, -0.1) is 11.8 Å². The number of benzene rings is 1. The monoisotopic (exact) mass is 392 g/mol. The van der Waals surface area contributed by atoms with Gasteiger partial charge in [0.2, 0.25) is 0 Å². The Morgan fingerprint density at radius 3 is 2.69 bits per heavy atom. The molecule has 0 bridgehead atoms. The molecule has 26 heavy (non-hydrogen) atoms. The maximum atomic E-state index is 11.8. The SMILES string of the molecule is O=c1[nH]cnc2c(C3NC(CSc4ccc(Cl)cc4)C(O)C3O)c[nH]c12. The minimum absolute atomic E-state index is 0.274. The van der Waals surface area contributed by atoms with Gasteiger partial charge in [0, 0.05) is 33.5 Å². The number of rotatable bonds is 4.